The lowest BCUT2D eigenvalue weighted by Crippen LogP contribution is -2.56. The van der Waals surface area contributed by atoms with Crippen molar-refractivity contribution in [1.29, 1.82) is 5.26 Å². The van der Waals surface area contributed by atoms with Gasteiger partial charge in [-0.15, -0.1) is 22.7 Å². The van der Waals surface area contributed by atoms with Crippen LogP contribution in [0.2, 0.25) is 12.1 Å². The van der Waals surface area contributed by atoms with E-state index in [-0.39, 0.29) is 5.82 Å². The van der Waals surface area contributed by atoms with Gasteiger partial charge in [-0.05, 0) is 99.2 Å². The van der Waals surface area contributed by atoms with E-state index in [0.717, 1.165) is 29.4 Å². The molecule has 630 valence electrons. The van der Waals surface area contributed by atoms with Gasteiger partial charge in [0.2, 0.25) is 0 Å². The Hall–Kier alpha value is -3.73. The first-order valence-electron chi connectivity index (χ1n) is 49.8. The third-order valence-corrected chi connectivity index (χ3v) is 33.9. The Morgan fingerprint density at radius 1 is 0.295 bits per heavy atom. The Kier molecular flexibility index (Phi) is 60.2. The molecule has 1 aliphatic rings. The number of nitrogens with zero attached hydrogens (tertiary/aromatic N) is 3. The van der Waals surface area contributed by atoms with E-state index in [9.17, 15) is 5.26 Å². The standard InChI is InChI=1S/C106H175N3S2Si/c1-8-12-16-20-24-28-32-36-40-44-48-52-56-60-64-68-72-76-80-96-88-100(110-104(96)93(5)92-107)94-82-84-98-99-85-83-95(101-89-97(105(111-101)106(108-6)109-7)81-77-73-69-65-61-57-53-49-45-41-37-33-29-25-21-17-13-9-2)91-103(99)112(102(98)90-94,86-78-74-70-66-62-58-54-50-46-42-38-34-30-26-22-18-14-10-3)87-79-75-71-67-63-59-55-51-47-43-39-35-31-27-23-19-15-11-4/h82-85,88-91H,8-81,86-87H2,1-5H3/b100-94-,101-95-,104-93+. The summed E-state index contributed by atoms with van der Waals surface area (Å²) in [6.07, 6.45) is 102. The number of nitriles is 1. The summed E-state index contributed by atoms with van der Waals surface area (Å²) in [6, 6.07) is 25.5. The van der Waals surface area contributed by atoms with Gasteiger partial charge in [0.1, 0.15) is 25.8 Å². The average molecular weight is 1580 g/mol. The molecular formula is C106H175N3S2Si. The van der Waals surface area contributed by atoms with Crippen LogP contribution in [-0.4, -0.2) is 8.07 Å². The molecule has 0 radical (unpaired) electrons. The van der Waals surface area contributed by atoms with Crippen LogP contribution in [0.4, 0.5) is 0 Å². The first-order chi connectivity index (χ1) is 55.4. The predicted octanol–water partition coefficient (Wildman–Crippen LogP) is 34.4. The summed E-state index contributed by atoms with van der Waals surface area (Å²) in [4.78, 5) is 7.79. The van der Waals surface area contributed by atoms with E-state index in [1.807, 2.05) is 11.3 Å². The summed E-state index contributed by atoms with van der Waals surface area (Å²) in [5.41, 5.74) is 3.47. The number of benzene rings is 2. The minimum atomic E-state index is -2.37. The summed E-state index contributed by atoms with van der Waals surface area (Å²) in [5, 5.41) is 19.5. The van der Waals surface area contributed by atoms with E-state index in [1.165, 1.54) is 514 Å². The quantitative estimate of drug-likeness (QED) is 0.0246. The first kappa shape index (κ1) is 98.8. The van der Waals surface area contributed by atoms with E-state index in [2.05, 4.69) is 98.9 Å². The lowest BCUT2D eigenvalue weighted by atomic mass is 10.0. The number of hydrogen-bond donors (Lipinski definition) is 0. The van der Waals surface area contributed by atoms with Gasteiger partial charge < -0.3 is 0 Å². The summed E-state index contributed by atoms with van der Waals surface area (Å²) in [6.45, 7) is 27.8. The van der Waals surface area contributed by atoms with E-state index in [0.29, 0.717) is 0 Å². The van der Waals surface area contributed by atoms with E-state index < -0.39 is 8.07 Å². The highest BCUT2D eigenvalue weighted by Gasteiger charge is 2.41. The Balaban J connectivity index is 1.35. The molecule has 0 bridgehead atoms. The van der Waals surface area contributed by atoms with Crippen molar-refractivity contribution in [3.05, 3.63) is 121 Å². The zero-order valence-corrected chi connectivity index (χ0v) is 77.2. The van der Waals surface area contributed by atoms with Gasteiger partial charge in [0.05, 0.1) is 6.07 Å². The maximum atomic E-state index is 10.5. The Bertz CT molecular complexity index is 3480. The van der Waals surface area contributed by atoms with Crippen LogP contribution in [0.3, 0.4) is 0 Å². The minimum absolute atomic E-state index is 0.250. The molecule has 2 aromatic heterocycles. The zero-order valence-electron chi connectivity index (χ0n) is 74.5. The molecule has 6 heteroatoms. The van der Waals surface area contributed by atoms with Crippen LogP contribution in [-0.2, 0) is 12.8 Å². The third kappa shape index (κ3) is 42.6. The van der Waals surface area contributed by atoms with Crippen LogP contribution in [0.1, 0.15) is 508 Å². The lowest BCUT2D eigenvalue weighted by molar-refractivity contribution is 0.525. The second-order valence-corrected chi connectivity index (χ2v) is 42.2. The topological polar surface area (TPSA) is 32.5 Å². The fourth-order valence-electron chi connectivity index (χ4n) is 18.8. The molecule has 0 fully saturated rings. The molecule has 0 spiro atoms. The van der Waals surface area contributed by atoms with Gasteiger partial charge in [0.25, 0.3) is 0 Å². The number of aryl methyl sites for hydroxylation is 2. The highest BCUT2D eigenvalue weighted by atomic mass is 32.1. The molecule has 1 aliphatic heterocycles. The number of fused-ring (bicyclic) bond motifs is 2. The molecule has 0 N–H and O–H groups in total. The number of hydrogen-bond acceptors (Lipinski definition) is 3. The zero-order chi connectivity index (χ0) is 79.5. The molecule has 2 aromatic carbocycles. The second-order valence-electron chi connectivity index (χ2n) is 35.9. The van der Waals surface area contributed by atoms with Gasteiger partial charge in [0.15, 0.2) is 0 Å². The Labute approximate surface area is 702 Å². The van der Waals surface area contributed by atoms with Crippen molar-refractivity contribution in [3.8, 4) is 6.07 Å². The number of unbranched alkanes of at least 4 members (excludes halogenated alkanes) is 68. The smallest absolute Gasteiger partial charge is 0.193 e. The Morgan fingerprint density at radius 3 is 0.741 bits per heavy atom. The molecular weight excluding hydrogens is 1410 g/mol. The van der Waals surface area contributed by atoms with Gasteiger partial charge in [-0.1, -0.05) is 514 Å². The molecule has 4 aromatic rings. The molecule has 0 saturated heterocycles. The summed E-state index contributed by atoms with van der Waals surface area (Å²) in [7, 11) is -2.37. The molecule has 0 amide bonds. The molecule has 5 rings (SSSR count). The lowest BCUT2D eigenvalue weighted by Gasteiger charge is -2.31. The average Bonchev–Trinajstić information content (AvgIpc) is 1.56. The van der Waals surface area contributed by atoms with Crippen LogP contribution in [0.25, 0.3) is 21.1 Å². The molecule has 3 nitrogen and oxygen atoms in total. The maximum absolute atomic E-state index is 10.5. The predicted molar refractivity (Wildman–Crippen MR) is 502 cm³/mol. The first-order valence-corrected chi connectivity index (χ1v) is 53.9. The SMILES string of the molecule is [C-]#[N+]C([N+]#[C-])=c1s/c(=c2/ccc3c(c2)[Si](CCCCCCCCCCCCCCCCCCCC)(CCCCCCCCCCCCCCCCCCCC)c2c/c(=c4/cc(CCCCCCCCCCCCCCCCCCCC)/c(=C(/C)C#N)s4)ccc2=3)cc1CCCCCCCCCCCCCCCCCCCC. The van der Waals surface area contributed by atoms with Gasteiger partial charge in [-0.2, -0.15) is 15.0 Å². The van der Waals surface area contributed by atoms with Crippen LogP contribution in [0.15, 0.2) is 48.5 Å². The normalized spacial score (nSPS) is 13.2. The highest BCUT2D eigenvalue weighted by Crippen LogP contribution is 2.31. The molecule has 3 heterocycles. The number of thiophene rings is 2. The van der Waals surface area contributed by atoms with E-state index in [1.54, 1.807) is 21.7 Å². The minimum Gasteiger partial charge on any atom is -0.193 e. The summed E-state index contributed by atoms with van der Waals surface area (Å²) >= 11 is 3.61. The van der Waals surface area contributed by atoms with E-state index >= 15 is 0 Å². The van der Waals surface area contributed by atoms with Gasteiger partial charge in [-0.25, -0.2) is 0 Å². The van der Waals surface area contributed by atoms with Crippen molar-refractivity contribution < 1.29 is 0 Å². The number of rotatable bonds is 76. The van der Waals surface area contributed by atoms with Crippen LogP contribution < -0.4 is 19.4 Å². The fourth-order valence-corrected chi connectivity index (χ4v) is 26.7. The van der Waals surface area contributed by atoms with Gasteiger partial charge in [-0.3, -0.25) is 0 Å². The fraction of sp³-hybridized carbons (Fsp3) is 0.764. The Morgan fingerprint density at radius 2 is 0.509 bits per heavy atom. The summed E-state index contributed by atoms with van der Waals surface area (Å²) in [5.74, 6) is 0.250. The van der Waals surface area contributed by atoms with Crippen molar-refractivity contribution in [3.63, 3.8) is 0 Å². The van der Waals surface area contributed by atoms with E-state index in [4.69, 9.17) is 13.1 Å². The second kappa shape index (κ2) is 68.2. The van der Waals surface area contributed by atoms with Crippen molar-refractivity contribution in [2.24, 2.45) is 0 Å². The van der Waals surface area contributed by atoms with Crippen molar-refractivity contribution in [2.75, 3.05) is 0 Å². The molecule has 112 heavy (non-hydrogen) atoms. The van der Waals surface area contributed by atoms with Crippen LogP contribution >= 0.6 is 22.7 Å². The molecule has 0 unspecified atom stereocenters. The third-order valence-electron chi connectivity index (χ3n) is 26.0. The van der Waals surface area contributed by atoms with Gasteiger partial charge in [0, 0.05) is 19.2 Å². The molecule has 0 saturated carbocycles. The van der Waals surface area contributed by atoms with Crippen molar-refractivity contribution >= 4 is 52.5 Å². The summed E-state index contributed by atoms with van der Waals surface area (Å²) < 4.78 is 4.70. The van der Waals surface area contributed by atoms with Crippen molar-refractivity contribution in [2.45, 2.75) is 522 Å². The highest BCUT2D eigenvalue weighted by molar-refractivity contribution is 7.08. The van der Waals surface area contributed by atoms with Crippen LogP contribution in [0.5, 0.6) is 0 Å². The van der Waals surface area contributed by atoms with Crippen molar-refractivity contribution in [1.82, 2.24) is 0 Å². The maximum Gasteiger partial charge on any atom is 0.537 e. The largest absolute Gasteiger partial charge is 0.537 e. The van der Waals surface area contributed by atoms with Crippen LogP contribution in [0, 0.1) is 54.4 Å². The molecule has 0 atom stereocenters. The van der Waals surface area contributed by atoms with Gasteiger partial charge >= 0.3 is 5.82 Å². The monoisotopic (exact) mass is 1580 g/mol. The molecule has 0 aliphatic carbocycles.